The third-order valence-electron chi connectivity index (χ3n) is 5.59. The van der Waals surface area contributed by atoms with E-state index >= 15 is 0 Å². The number of rotatable bonds is 8. The molecule has 166 valence electrons. The molecule has 0 aliphatic heterocycles. The van der Waals surface area contributed by atoms with E-state index in [0.717, 1.165) is 36.8 Å². The fourth-order valence-electron chi connectivity index (χ4n) is 3.67. The lowest BCUT2D eigenvalue weighted by atomic mass is 10.1. The summed E-state index contributed by atoms with van der Waals surface area (Å²) < 4.78 is 5.68. The summed E-state index contributed by atoms with van der Waals surface area (Å²) in [5.41, 5.74) is 1.90. The fraction of sp³-hybridized carbons (Fsp3) is 0.417. The number of hydrogen-bond donors (Lipinski definition) is 1. The van der Waals surface area contributed by atoms with Gasteiger partial charge >= 0.3 is 0 Å². The van der Waals surface area contributed by atoms with E-state index < -0.39 is 6.04 Å². The Balaban J connectivity index is 1.72. The topological polar surface area (TPSA) is 58.6 Å². The highest BCUT2D eigenvalue weighted by Gasteiger charge is 2.28. The lowest BCUT2D eigenvalue weighted by Crippen LogP contribution is -2.50. The normalized spacial score (nSPS) is 14.8. The fourth-order valence-corrected chi connectivity index (χ4v) is 3.99. The summed E-state index contributed by atoms with van der Waals surface area (Å²) in [5, 5.41) is 3.93. The molecule has 2 amide bonds. The Morgan fingerprint density at radius 3 is 2.42 bits per heavy atom. The van der Waals surface area contributed by atoms with Crippen LogP contribution in [0, 0.1) is 6.92 Å². The quantitative estimate of drug-likeness (QED) is 0.589. The van der Waals surface area contributed by atoms with Crippen molar-refractivity contribution in [2.24, 2.45) is 0 Å². The molecule has 3 rings (SSSR count). The Bertz CT molecular complexity index is 912. The van der Waals surface area contributed by atoms with Crippen LogP contribution >= 0.6 is 23.2 Å². The number of aryl methyl sites for hydroxylation is 1. The number of hydrogen-bond acceptors (Lipinski definition) is 3. The molecule has 0 spiro atoms. The van der Waals surface area contributed by atoms with Gasteiger partial charge in [-0.15, -0.1) is 0 Å². The van der Waals surface area contributed by atoms with Gasteiger partial charge in [0.15, 0.2) is 6.61 Å². The van der Waals surface area contributed by atoms with E-state index in [0.29, 0.717) is 15.8 Å². The molecule has 0 aromatic heterocycles. The van der Waals surface area contributed by atoms with Gasteiger partial charge in [-0.1, -0.05) is 59.8 Å². The second-order valence-electron chi connectivity index (χ2n) is 8.04. The monoisotopic (exact) mass is 462 g/mol. The average molecular weight is 463 g/mol. The van der Waals surface area contributed by atoms with Crippen LogP contribution in [0.25, 0.3) is 0 Å². The van der Waals surface area contributed by atoms with Crippen LogP contribution in [0.5, 0.6) is 5.75 Å². The van der Waals surface area contributed by atoms with Gasteiger partial charge in [-0.2, -0.15) is 0 Å². The second kappa shape index (κ2) is 10.9. The lowest BCUT2D eigenvalue weighted by Gasteiger charge is -2.29. The molecule has 2 aromatic rings. The first-order valence-corrected chi connectivity index (χ1v) is 11.3. The number of benzene rings is 2. The van der Waals surface area contributed by atoms with Crippen LogP contribution in [0.3, 0.4) is 0 Å². The SMILES string of the molecule is Cc1ccc(OCC(=O)N(Cc2ccc(Cl)c(Cl)c2)[C@@H](C)C(=O)NC2CCCC2)cc1. The molecule has 1 aliphatic rings. The van der Waals surface area contributed by atoms with E-state index in [9.17, 15) is 9.59 Å². The minimum absolute atomic E-state index is 0.157. The van der Waals surface area contributed by atoms with Gasteiger partial charge < -0.3 is 15.0 Å². The number of halogens is 2. The largest absolute Gasteiger partial charge is 0.484 e. The van der Waals surface area contributed by atoms with Crippen molar-refractivity contribution in [1.82, 2.24) is 10.2 Å². The Morgan fingerprint density at radius 1 is 1.10 bits per heavy atom. The predicted molar refractivity (Wildman–Crippen MR) is 124 cm³/mol. The van der Waals surface area contributed by atoms with Crippen LogP contribution in [0.4, 0.5) is 0 Å². The zero-order chi connectivity index (χ0) is 22.4. The molecule has 1 atom stereocenters. The molecule has 1 aliphatic carbocycles. The zero-order valence-corrected chi connectivity index (χ0v) is 19.4. The maximum atomic E-state index is 13.1. The molecule has 2 aromatic carbocycles. The van der Waals surface area contributed by atoms with Crippen molar-refractivity contribution in [3.63, 3.8) is 0 Å². The van der Waals surface area contributed by atoms with Crippen molar-refractivity contribution in [3.8, 4) is 5.75 Å². The van der Waals surface area contributed by atoms with Crippen molar-refractivity contribution >= 4 is 35.0 Å². The molecule has 0 saturated heterocycles. The van der Waals surface area contributed by atoms with Crippen LogP contribution in [0.1, 0.15) is 43.7 Å². The number of carbonyl (C=O) groups is 2. The first kappa shape index (κ1) is 23.4. The predicted octanol–water partition coefficient (Wildman–Crippen LogP) is 5.16. The van der Waals surface area contributed by atoms with Crippen LogP contribution in [-0.4, -0.2) is 35.4 Å². The third-order valence-corrected chi connectivity index (χ3v) is 6.33. The molecule has 0 radical (unpaired) electrons. The van der Waals surface area contributed by atoms with E-state index in [-0.39, 0.29) is 31.0 Å². The first-order valence-electron chi connectivity index (χ1n) is 10.6. The molecular weight excluding hydrogens is 435 g/mol. The minimum atomic E-state index is -0.649. The minimum Gasteiger partial charge on any atom is -0.484 e. The Morgan fingerprint density at radius 2 is 1.77 bits per heavy atom. The molecule has 1 fully saturated rings. The lowest BCUT2D eigenvalue weighted by molar-refractivity contribution is -0.142. The highest BCUT2D eigenvalue weighted by atomic mass is 35.5. The highest BCUT2D eigenvalue weighted by Crippen LogP contribution is 2.24. The summed E-state index contributed by atoms with van der Waals surface area (Å²) in [5.74, 6) is 0.174. The third kappa shape index (κ3) is 6.62. The van der Waals surface area contributed by atoms with Crippen LogP contribution in [0.15, 0.2) is 42.5 Å². The standard InChI is InChI=1S/C24H28Cl2N2O3/c1-16-7-10-20(11-8-16)31-15-23(29)28(14-18-9-12-21(25)22(26)13-18)17(2)24(30)27-19-5-3-4-6-19/h7-13,17,19H,3-6,14-15H2,1-2H3,(H,27,30)/t17-/m0/s1. The molecule has 7 heteroatoms. The Labute approximate surface area is 193 Å². The van der Waals surface area contributed by atoms with Crippen LogP contribution in [0.2, 0.25) is 10.0 Å². The summed E-state index contributed by atoms with van der Waals surface area (Å²) >= 11 is 12.2. The van der Waals surface area contributed by atoms with Crippen molar-refractivity contribution < 1.29 is 14.3 Å². The van der Waals surface area contributed by atoms with E-state index in [4.69, 9.17) is 27.9 Å². The van der Waals surface area contributed by atoms with Crippen LogP contribution in [-0.2, 0) is 16.1 Å². The maximum Gasteiger partial charge on any atom is 0.261 e. The van der Waals surface area contributed by atoms with E-state index in [1.807, 2.05) is 31.2 Å². The number of carbonyl (C=O) groups excluding carboxylic acids is 2. The molecule has 0 heterocycles. The van der Waals surface area contributed by atoms with Gasteiger partial charge in [0, 0.05) is 12.6 Å². The summed E-state index contributed by atoms with van der Waals surface area (Å²) in [4.78, 5) is 27.5. The zero-order valence-electron chi connectivity index (χ0n) is 17.9. The number of nitrogens with zero attached hydrogens (tertiary/aromatic N) is 1. The molecule has 0 bridgehead atoms. The van der Waals surface area contributed by atoms with E-state index in [1.165, 1.54) is 4.90 Å². The van der Waals surface area contributed by atoms with Gasteiger partial charge in [0.1, 0.15) is 11.8 Å². The van der Waals surface area contributed by atoms with Gasteiger partial charge in [0.25, 0.3) is 5.91 Å². The van der Waals surface area contributed by atoms with Gasteiger partial charge in [0.2, 0.25) is 5.91 Å². The Kier molecular flexibility index (Phi) is 8.22. The highest BCUT2D eigenvalue weighted by molar-refractivity contribution is 6.42. The summed E-state index contributed by atoms with van der Waals surface area (Å²) in [6, 6.07) is 12.2. The summed E-state index contributed by atoms with van der Waals surface area (Å²) in [6.07, 6.45) is 4.21. The first-order chi connectivity index (χ1) is 14.8. The second-order valence-corrected chi connectivity index (χ2v) is 8.85. The molecule has 1 N–H and O–H groups in total. The van der Waals surface area contributed by atoms with Gasteiger partial charge in [-0.25, -0.2) is 0 Å². The maximum absolute atomic E-state index is 13.1. The van der Waals surface area contributed by atoms with Crippen molar-refractivity contribution in [1.29, 1.82) is 0 Å². The molecule has 1 saturated carbocycles. The summed E-state index contributed by atoms with van der Waals surface area (Å²) in [7, 11) is 0. The summed E-state index contributed by atoms with van der Waals surface area (Å²) in [6.45, 7) is 3.79. The van der Waals surface area contributed by atoms with Gasteiger partial charge in [0.05, 0.1) is 10.0 Å². The molecule has 5 nitrogen and oxygen atoms in total. The van der Waals surface area contributed by atoms with Crippen molar-refractivity contribution in [2.45, 2.75) is 58.2 Å². The Hall–Kier alpha value is -2.24. The van der Waals surface area contributed by atoms with Crippen molar-refractivity contribution in [3.05, 3.63) is 63.6 Å². The molecule has 31 heavy (non-hydrogen) atoms. The molecule has 0 unspecified atom stereocenters. The van der Waals surface area contributed by atoms with E-state index in [1.54, 1.807) is 25.1 Å². The van der Waals surface area contributed by atoms with Gasteiger partial charge in [-0.05, 0) is 56.5 Å². The number of ether oxygens (including phenoxy) is 1. The number of amides is 2. The van der Waals surface area contributed by atoms with Crippen molar-refractivity contribution in [2.75, 3.05) is 6.61 Å². The van der Waals surface area contributed by atoms with E-state index in [2.05, 4.69) is 5.32 Å². The molecular formula is C24H28Cl2N2O3. The smallest absolute Gasteiger partial charge is 0.261 e. The van der Waals surface area contributed by atoms with Gasteiger partial charge in [-0.3, -0.25) is 9.59 Å². The number of nitrogens with one attached hydrogen (secondary N) is 1. The van der Waals surface area contributed by atoms with Crippen LogP contribution < -0.4 is 10.1 Å². The average Bonchev–Trinajstić information content (AvgIpc) is 3.26.